The average Bonchev–Trinajstić information content (AvgIpc) is 2.74. The van der Waals surface area contributed by atoms with Crippen LogP contribution in [0.25, 0.3) is 0 Å². The molecule has 108 valence electrons. The van der Waals surface area contributed by atoms with Crippen LogP contribution < -0.4 is 9.47 Å². The number of azo groups is 1. The third-order valence-electron chi connectivity index (χ3n) is 2.37. The first-order valence-electron chi connectivity index (χ1n) is 5.92. The van der Waals surface area contributed by atoms with E-state index in [2.05, 4.69) is 21.8 Å². The largest absolute Gasteiger partial charge is 0.462 e. The highest BCUT2D eigenvalue weighted by atomic mass is 16.9. The van der Waals surface area contributed by atoms with Crippen molar-refractivity contribution in [3.63, 3.8) is 0 Å². The zero-order chi connectivity index (χ0) is 14.6. The van der Waals surface area contributed by atoms with Gasteiger partial charge in [-0.05, 0) is 26.0 Å². The molecule has 1 unspecified atom stereocenters. The van der Waals surface area contributed by atoms with E-state index in [9.17, 15) is 0 Å². The van der Waals surface area contributed by atoms with Crippen LogP contribution in [-0.2, 0) is 14.2 Å². The Kier molecular flexibility index (Phi) is 4.22. The van der Waals surface area contributed by atoms with Crippen molar-refractivity contribution in [3.8, 4) is 11.5 Å². The van der Waals surface area contributed by atoms with Crippen LogP contribution in [0.15, 0.2) is 34.5 Å². The van der Waals surface area contributed by atoms with Gasteiger partial charge in [0.05, 0.1) is 0 Å². The zero-order valence-electron chi connectivity index (χ0n) is 11.7. The maximum atomic E-state index is 5.65. The number of hydrogen-bond donors (Lipinski definition) is 0. The summed E-state index contributed by atoms with van der Waals surface area (Å²) < 4.78 is 26.2. The number of methoxy groups -OCH3 is 2. The molecule has 7 nitrogen and oxygen atoms in total. The van der Waals surface area contributed by atoms with Gasteiger partial charge in [-0.25, -0.2) is 0 Å². The Hall–Kier alpha value is -1.70. The van der Waals surface area contributed by atoms with E-state index in [1.807, 2.05) is 0 Å². The molecule has 0 amide bonds. The third-order valence-corrected chi connectivity index (χ3v) is 2.37. The van der Waals surface area contributed by atoms with Crippen LogP contribution in [0.3, 0.4) is 0 Å². The van der Waals surface area contributed by atoms with Crippen molar-refractivity contribution >= 4 is 0 Å². The van der Waals surface area contributed by atoms with E-state index < -0.39 is 11.8 Å². The van der Waals surface area contributed by atoms with Gasteiger partial charge in [0.2, 0.25) is 0 Å². The zero-order valence-corrected chi connectivity index (χ0v) is 11.7. The first-order valence-corrected chi connectivity index (χ1v) is 5.92. The van der Waals surface area contributed by atoms with E-state index in [0.717, 1.165) is 0 Å². The summed E-state index contributed by atoms with van der Waals surface area (Å²) >= 11 is 0. The molecule has 0 N–H and O–H groups in total. The number of nitrogens with zero attached hydrogens (tertiary/aromatic N) is 2. The van der Waals surface area contributed by atoms with Crippen LogP contribution in [0, 0.1) is 6.79 Å². The van der Waals surface area contributed by atoms with E-state index >= 15 is 0 Å². The van der Waals surface area contributed by atoms with E-state index in [0.29, 0.717) is 11.5 Å². The number of hydrogen-bond acceptors (Lipinski definition) is 7. The van der Waals surface area contributed by atoms with Crippen molar-refractivity contribution in [2.75, 3.05) is 14.2 Å². The molecule has 1 atom stereocenters. The van der Waals surface area contributed by atoms with Crippen molar-refractivity contribution in [2.24, 2.45) is 10.2 Å². The summed E-state index contributed by atoms with van der Waals surface area (Å²) in [6.07, 6.45) is -1.63. The number of para-hydroxylation sites is 2. The summed E-state index contributed by atoms with van der Waals surface area (Å²) in [7, 11) is 2.84. The number of rotatable bonds is 6. The Balaban J connectivity index is 2.19. The standard InChI is InChI=1S/C13H16N2O5/c1-12(2)14-15-13(17-4,20-12)19-11-8-6-5-7-10(11)18-9-16-3/h5-8H,1-4H3. The fraction of sp³-hybridized carbons (Fsp3) is 0.462. The van der Waals surface area contributed by atoms with Crippen LogP contribution in [0.2, 0.25) is 0 Å². The van der Waals surface area contributed by atoms with Gasteiger partial charge in [0.1, 0.15) is 0 Å². The van der Waals surface area contributed by atoms with Gasteiger partial charge < -0.3 is 14.2 Å². The molecule has 0 bridgehead atoms. The predicted molar refractivity (Wildman–Crippen MR) is 67.7 cm³/mol. The molecular weight excluding hydrogens is 264 g/mol. The van der Waals surface area contributed by atoms with Gasteiger partial charge in [-0.3, -0.25) is 9.47 Å². The molecule has 2 rings (SSSR count). The van der Waals surface area contributed by atoms with Gasteiger partial charge in [-0.2, -0.15) is 5.11 Å². The van der Waals surface area contributed by atoms with Crippen molar-refractivity contribution in [1.82, 2.24) is 0 Å². The highest BCUT2D eigenvalue weighted by Crippen LogP contribution is 2.37. The lowest BCUT2D eigenvalue weighted by molar-refractivity contribution is -0.339. The molecule has 0 aliphatic carbocycles. The van der Waals surface area contributed by atoms with E-state index in [1.54, 1.807) is 38.1 Å². The quantitative estimate of drug-likeness (QED) is 0.749. The number of ether oxygens (including phenoxy) is 5. The van der Waals surface area contributed by atoms with Gasteiger partial charge >= 0.3 is 12.9 Å². The Morgan fingerprint density at radius 1 is 1.10 bits per heavy atom. The molecular formula is C13H16N2O5. The molecule has 1 heterocycles. The fourth-order valence-corrected chi connectivity index (χ4v) is 1.55. The molecule has 0 saturated carbocycles. The van der Waals surface area contributed by atoms with Crippen LogP contribution >= 0.6 is 0 Å². The van der Waals surface area contributed by atoms with Gasteiger partial charge in [0, 0.05) is 14.2 Å². The third kappa shape index (κ3) is 3.24. The minimum atomic E-state index is -1.63. The van der Waals surface area contributed by atoms with E-state index in [-0.39, 0.29) is 0 Å². The van der Waals surface area contributed by atoms with Crippen molar-refractivity contribution < 1.29 is 23.7 Å². The molecule has 7 heteroatoms. The molecule has 0 saturated heterocycles. The average molecular weight is 280 g/mol. The van der Waals surface area contributed by atoms with Gasteiger partial charge in [0.25, 0.3) is 0 Å². The Morgan fingerprint density at radius 3 is 2.35 bits per heavy atom. The molecule has 2 radical (unpaired) electrons. The van der Waals surface area contributed by atoms with Crippen LogP contribution in [-0.4, -0.2) is 26.0 Å². The molecule has 1 aromatic rings. The number of benzene rings is 1. The lowest BCUT2D eigenvalue weighted by atomic mass is 10.3. The summed E-state index contributed by atoms with van der Waals surface area (Å²) in [5.41, 5.74) is -0.823. The smallest absolute Gasteiger partial charge is 0.446 e. The van der Waals surface area contributed by atoms with Gasteiger partial charge in [-0.1, -0.05) is 17.2 Å². The molecule has 0 fully saturated rings. The second-order valence-electron chi connectivity index (χ2n) is 4.42. The van der Waals surface area contributed by atoms with Crippen LogP contribution in [0.5, 0.6) is 11.5 Å². The summed E-state index contributed by atoms with van der Waals surface area (Å²) in [5.74, 6) is 0.741. The minimum Gasteiger partial charge on any atom is -0.446 e. The van der Waals surface area contributed by atoms with Crippen molar-refractivity contribution in [2.45, 2.75) is 25.7 Å². The SMILES string of the molecule is CO[C]Oc1ccccc1OC1(OC)N=NC(C)(C)O1. The van der Waals surface area contributed by atoms with E-state index in [4.69, 9.17) is 18.9 Å². The maximum absolute atomic E-state index is 5.65. The Morgan fingerprint density at radius 2 is 1.80 bits per heavy atom. The van der Waals surface area contributed by atoms with Gasteiger partial charge in [0.15, 0.2) is 17.2 Å². The first kappa shape index (κ1) is 14.7. The highest BCUT2D eigenvalue weighted by molar-refractivity contribution is 5.39. The minimum absolute atomic E-state index is 0.357. The predicted octanol–water partition coefficient (Wildman–Crippen LogP) is 2.56. The van der Waals surface area contributed by atoms with Crippen molar-refractivity contribution in [1.29, 1.82) is 0 Å². The normalized spacial score (nSPS) is 23.8. The maximum Gasteiger partial charge on any atom is 0.462 e. The van der Waals surface area contributed by atoms with E-state index in [1.165, 1.54) is 14.2 Å². The monoisotopic (exact) mass is 280 g/mol. The highest BCUT2D eigenvalue weighted by Gasteiger charge is 2.47. The van der Waals surface area contributed by atoms with Crippen LogP contribution in [0.1, 0.15) is 13.8 Å². The summed E-state index contributed by atoms with van der Waals surface area (Å²) in [5, 5.41) is 7.86. The Bertz CT molecular complexity index is 491. The molecule has 20 heavy (non-hydrogen) atoms. The second kappa shape index (κ2) is 5.74. The van der Waals surface area contributed by atoms with Crippen LogP contribution in [0.4, 0.5) is 0 Å². The molecule has 0 aromatic heterocycles. The first-order chi connectivity index (χ1) is 9.50. The fourth-order valence-electron chi connectivity index (χ4n) is 1.55. The lowest BCUT2D eigenvalue weighted by Crippen LogP contribution is -2.40. The molecule has 1 aromatic carbocycles. The summed E-state index contributed by atoms with van der Waals surface area (Å²) in [6.45, 7) is 5.75. The van der Waals surface area contributed by atoms with Crippen molar-refractivity contribution in [3.05, 3.63) is 31.1 Å². The Labute approximate surface area is 117 Å². The van der Waals surface area contributed by atoms with Gasteiger partial charge in [-0.15, -0.1) is 0 Å². The summed E-state index contributed by atoms with van der Waals surface area (Å²) in [6, 6.07) is 6.91. The molecule has 1 aliphatic rings. The topological polar surface area (TPSA) is 70.9 Å². The molecule has 0 spiro atoms. The lowest BCUT2D eigenvalue weighted by Gasteiger charge is -2.26. The summed E-state index contributed by atoms with van der Waals surface area (Å²) in [4.78, 5) is 0. The second-order valence-corrected chi connectivity index (χ2v) is 4.42. The molecule has 1 aliphatic heterocycles.